The third-order valence-corrected chi connectivity index (χ3v) is 4.55. The number of carboxylic acids is 1. The van der Waals surface area contributed by atoms with Crippen molar-refractivity contribution in [3.63, 3.8) is 0 Å². The van der Waals surface area contributed by atoms with E-state index in [0.717, 1.165) is 0 Å². The van der Waals surface area contributed by atoms with Crippen LogP contribution in [0, 0.1) is 5.92 Å². The van der Waals surface area contributed by atoms with Gasteiger partial charge in [-0.3, -0.25) is 4.79 Å². The number of carboxylic acid groups (broad SMARTS) is 1. The Labute approximate surface area is 136 Å². The number of hydrogen-bond donors (Lipinski definition) is 3. The van der Waals surface area contributed by atoms with E-state index in [-0.39, 0.29) is 12.0 Å². The number of alkyl halides is 2. The smallest absolute Gasteiger partial charge is 0.319 e. The first kappa shape index (κ1) is 17.5. The van der Waals surface area contributed by atoms with Gasteiger partial charge in [0.25, 0.3) is 5.76 Å². The van der Waals surface area contributed by atoms with Crippen molar-refractivity contribution < 1.29 is 23.5 Å². The Hall–Kier alpha value is -1.83. The molecule has 1 aliphatic rings. The molecule has 1 fully saturated rings. The topological polar surface area (TPSA) is 78.4 Å². The van der Waals surface area contributed by atoms with E-state index in [4.69, 9.17) is 5.11 Å². The summed E-state index contributed by atoms with van der Waals surface area (Å²) in [7, 11) is 0. The zero-order valence-corrected chi connectivity index (χ0v) is 13.1. The average molecular weight is 344 g/mol. The highest BCUT2D eigenvalue weighted by Crippen LogP contribution is 2.31. The van der Waals surface area contributed by atoms with Crippen molar-refractivity contribution in [3.05, 3.63) is 24.3 Å². The van der Waals surface area contributed by atoms with Gasteiger partial charge in [-0.15, -0.1) is 0 Å². The molecule has 0 aromatic heterocycles. The van der Waals surface area contributed by atoms with Crippen molar-refractivity contribution in [2.75, 3.05) is 5.32 Å². The van der Waals surface area contributed by atoms with Crippen molar-refractivity contribution in [1.82, 2.24) is 5.32 Å². The van der Waals surface area contributed by atoms with Gasteiger partial charge in [0.15, 0.2) is 0 Å². The van der Waals surface area contributed by atoms with Gasteiger partial charge in [-0.05, 0) is 37.8 Å². The summed E-state index contributed by atoms with van der Waals surface area (Å²) < 4.78 is 25.0. The van der Waals surface area contributed by atoms with Gasteiger partial charge < -0.3 is 15.7 Å². The highest BCUT2D eigenvalue weighted by Gasteiger charge is 2.26. The molecule has 0 unspecified atom stereocenters. The summed E-state index contributed by atoms with van der Waals surface area (Å²) in [5, 5.41) is 14.3. The summed E-state index contributed by atoms with van der Waals surface area (Å²) in [6.45, 7) is 0. The predicted octanol–water partition coefficient (Wildman–Crippen LogP) is 3.77. The van der Waals surface area contributed by atoms with Crippen molar-refractivity contribution in [2.45, 2.75) is 42.4 Å². The molecule has 1 aromatic carbocycles. The van der Waals surface area contributed by atoms with Crippen molar-refractivity contribution >= 4 is 29.4 Å². The molecule has 2 rings (SSSR count). The Bertz CT molecular complexity index is 563. The number of halogens is 2. The normalized spacial score (nSPS) is 21.0. The number of hydrogen-bond acceptors (Lipinski definition) is 3. The van der Waals surface area contributed by atoms with E-state index in [1.807, 2.05) is 0 Å². The number of benzene rings is 1. The molecule has 0 bridgehead atoms. The summed E-state index contributed by atoms with van der Waals surface area (Å²) in [6.07, 6.45) is 2.24. The first-order valence-corrected chi connectivity index (χ1v) is 8.18. The Balaban J connectivity index is 1.87. The van der Waals surface area contributed by atoms with Gasteiger partial charge in [-0.2, -0.15) is 8.78 Å². The van der Waals surface area contributed by atoms with E-state index in [1.54, 1.807) is 18.2 Å². The lowest BCUT2D eigenvalue weighted by Crippen LogP contribution is -2.41. The van der Waals surface area contributed by atoms with Crippen LogP contribution in [0.4, 0.5) is 19.3 Å². The van der Waals surface area contributed by atoms with Crippen LogP contribution in [0.1, 0.15) is 25.7 Å². The number of nitrogens with one attached hydrogen (secondary N) is 2. The lowest BCUT2D eigenvalue weighted by atomic mass is 9.86. The molecule has 1 aliphatic carbocycles. The molecule has 5 nitrogen and oxygen atoms in total. The average Bonchev–Trinajstić information content (AvgIpc) is 2.49. The predicted molar refractivity (Wildman–Crippen MR) is 83.8 cm³/mol. The van der Waals surface area contributed by atoms with Crippen LogP contribution in [0.2, 0.25) is 0 Å². The molecule has 0 radical (unpaired) electrons. The van der Waals surface area contributed by atoms with E-state index in [1.165, 1.54) is 6.07 Å². The number of carbonyl (C=O) groups is 2. The fourth-order valence-corrected chi connectivity index (χ4v) is 3.19. The molecule has 1 saturated carbocycles. The van der Waals surface area contributed by atoms with Crippen LogP contribution in [-0.2, 0) is 4.79 Å². The minimum Gasteiger partial charge on any atom is -0.481 e. The third-order valence-electron chi connectivity index (χ3n) is 3.76. The number of rotatable bonds is 5. The van der Waals surface area contributed by atoms with Crippen LogP contribution in [0.3, 0.4) is 0 Å². The van der Waals surface area contributed by atoms with Gasteiger partial charge in [0.2, 0.25) is 0 Å². The highest BCUT2D eigenvalue weighted by molar-refractivity contribution is 7.99. The molecule has 8 heteroatoms. The SMILES string of the molecule is O=C(Nc1ccccc1SC(F)F)NC1CCC(C(=O)O)CC1. The molecule has 2 amide bonds. The van der Waals surface area contributed by atoms with E-state index in [0.29, 0.717) is 48.0 Å². The summed E-state index contributed by atoms with van der Waals surface area (Å²) in [6, 6.07) is 5.80. The maximum atomic E-state index is 12.5. The number of carbonyl (C=O) groups excluding carboxylic acids is 1. The Morgan fingerprint density at radius 2 is 1.83 bits per heavy atom. The summed E-state index contributed by atoms with van der Waals surface area (Å²) >= 11 is 0.376. The second-order valence-electron chi connectivity index (χ2n) is 5.36. The van der Waals surface area contributed by atoms with Crippen LogP contribution in [0.5, 0.6) is 0 Å². The Morgan fingerprint density at radius 1 is 1.17 bits per heavy atom. The minimum absolute atomic E-state index is 0.0967. The van der Waals surface area contributed by atoms with Gasteiger partial charge >= 0.3 is 12.0 Å². The fraction of sp³-hybridized carbons (Fsp3) is 0.467. The van der Waals surface area contributed by atoms with Crippen LogP contribution >= 0.6 is 11.8 Å². The van der Waals surface area contributed by atoms with Crippen LogP contribution in [-0.4, -0.2) is 28.9 Å². The number of thioether (sulfide) groups is 1. The molecule has 3 N–H and O–H groups in total. The maximum absolute atomic E-state index is 12.5. The molecule has 0 saturated heterocycles. The van der Waals surface area contributed by atoms with Gasteiger partial charge in [-0.1, -0.05) is 23.9 Å². The summed E-state index contributed by atoms with van der Waals surface area (Å²) in [4.78, 5) is 23.2. The van der Waals surface area contributed by atoms with Crippen molar-refractivity contribution in [2.24, 2.45) is 5.92 Å². The Kier molecular flexibility index (Phi) is 6.20. The van der Waals surface area contributed by atoms with Crippen molar-refractivity contribution in [3.8, 4) is 0 Å². The monoisotopic (exact) mass is 344 g/mol. The molecule has 0 heterocycles. The summed E-state index contributed by atoms with van der Waals surface area (Å²) in [5.41, 5.74) is 0.328. The molecule has 0 spiro atoms. The largest absolute Gasteiger partial charge is 0.481 e. The molecule has 0 aliphatic heterocycles. The second kappa shape index (κ2) is 8.14. The van der Waals surface area contributed by atoms with E-state index in [2.05, 4.69) is 10.6 Å². The Morgan fingerprint density at radius 3 is 2.43 bits per heavy atom. The standard InChI is InChI=1S/C15H18F2N2O3S/c16-14(17)23-12-4-2-1-3-11(12)19-15(22)18-10-7-5-9(6-8-10)13(20)21/h1-4,9-10,14H,5-8H2,(H,20,21)(H2,18,19,22). The maximum Gasteiger partial charge on any atom is 0.319 e. The van der Waals surface area contributed by atoms with Gasteiger partial charge in [0, 0.05) is 10.9 Å². The number of para-hydroxylation sites is 1. The van der Waals surface area contributed by atoms with Crippen LogP contribution in [0.25, 0.3) is 0 Å². The lowest BCUT2D eigenvalue weighted by molar-refractivity contribution is -0.142. The van der Waals surface area contributed by atoms with Crippen LogP contribution in [0.15, 0.2) is 29.2 Å². The van der Waals surface area contributed by atoms with E-state index >= 15 is 0 Å². The molecular formula is C15H18F2N2O3S. The summed E-state index contributed by atoms with van der Waals surface area (Å²) in [5.74, 6) is -3.71. The van der Waals surface area contributed by atoms with E-state index < -0.39 is 17.8 Å². The molecule has 0 atom stereocenters. The molecule has 126 valence electrons. The van der Waals surface area contributed by atoms with E-state index in [9.17, 15) is 18.4 Å². The number of amides is 2. The first-order chi connectivity index (χ1) is 11.0. The molecule has 23 heavy (non-hydrogen) atoms. The lowest BCUT2D eigenvalue weighted by Gasteiger charge is -2.27. The molecule has 1 aromatic rings. The van der Waals surface area contributed by atoms with Gasteiger partial charge in [0.05, 0.1) is 11.6 Å². The number of anilines is 1. The van der Waals surface area contributed by atoms with Crippen molar-refractivity contribution in [1.29, 1.82) is 0 Å². The quantitative estimate of drug-likeness (QED) is 0.711. The first-order valence-electron chi connectivity index (χ1n) is 7.30. The second-order valence-corrected chi connectivity index (χ2v) is 6.39. The fourth-order valence-electron chi connectivity index (χ4n) is 2.60. The number of aliphatic carboxylic acids is 1. The number of urea groups is 1. The zero-order valence-electron chi connectivity index (χ0n) is 12.3. The minimum atomic E-state index is -2.56. The zero-order chi connectivity index (χ0) is 16.8. The van der Waals surface area contributed by atoms with Crippen LogP contribution < -0.4 is 10.6 Å². The van der Waals surface area contributed by atoms with Gasteiger partial charge in [0.1, 0.15) is 0 Å². The molecular weight excluding hydrogens is 326 g/mol. The highest BCUT2D eigenvalue weighted by atomic mass is 32.2. The van der Waals surface area contributed by atoms with Gasteiger partial charge in [-0.25, -0.2) is 4.79 Å². The third kappa shape index (κ3) is 5.38.